The Hall–Kier alpha value is 0.378. The molecule has 0 rings (SSSR count). The van der Waals surface area contributed by atoms with Crippen molar-refractivity contribution in [3.63, 3.8) is 0 Å². The van der Waals surface area contributed by atoms with Crippen LogP contribution in [0.4, 0.5) is 0 Å². The van der Waals surface area contributed by atoms with Crippen molar-refractivity contribution >= 4 is 39.6 Å². The Morgan fingerprint density at radius 1 is 0.654 bits per heavy atom. The zero-order valence-corrected chi connectivity index (χ0v) is 23.1. The highest BCUT2D eigenvalue weighted by molar-refractivity contribution is 6.71. The molecule has 0 aromatic rings. The van der Waals surface area contributed by atoms with Crippen LogP contribution in [0.2, 0.25) is 78.6 Å². The summed E-state index contributed by atoms with van der Waals surface area (Å²) in [5.74, 6) is 0. The van der Waals surface area contributed by atoms with Crippen LogP contribution in [0.5, 0.6) is 0 Å². The van der Waals surface area contributed by atoms with Crippen LogP contribution in [-0.4, -0.2) is 64.5 Å². The highest BCUT2D eigenvalue weighted by atomic mass is 28.4. The first-order chi connectivity index (χ1) is 11.3. The molecule has 0 radical (unpaired) electrons. The SMILES string of the molecule is C[Si](C)(C)OC[C@H](O[Si](C)(C)C)[C@H](O[Si](C)(C)C)[C@H](C=O)O[Si](C)(C)C. The minimum absolute atomic E-state index is 0.299. The normalized spacial score (nSPS) is 17.7. The summed E-state index contributed by atoms with van der Waals surface area (Å²) in [6.45, 7) is 26.0. The molecular weight excluding hydrogens is 397 g/mol. The van der Waals surface area contributed by atoms with E-state index >= 15 is 0 Å². The molecule has 0 saturated heterocycles. The number of hydrogen-bond acceptors (Lipinski definition) is 5. The molecule has 0 spiro atoms. The first kappa shape index (κ1) is 26.4. The van der Waals surface area contributed by atoms with E-state index in [0.29, 0.717) is 6.61 Å². The second-order valence-electron chi connectivity index (χ2n) is 10.7. The van der Waals surface area contributed by atoms with Gasteiger partial charge in [0.05, 0.1) is 12.7 Å². The van der Waals surface area contributed by atoms with Crippen LogP contribution in [-0.2, 0) is 22.5 Å². The van der Waals surface area contributed by atoms with Gasteiger partial charge >= 0.3 is 0 Å². The second kappa shape index (κ2) is 9.73. The molecule has 0 aromatic carbocycles. The predicted octanol–water partition coefficient (Wildman–Crippen LogP) is 4.70. The first-order valence-electron chi connectivity index (χ1n) is 9.46. The molecule has 0 N–H and O–H groups in total. The number of hydrogen-bond donors (Lipinski definition) is 0. The minimum Gasteiger partial charge on any atom is -0.415 e. The highest BCUT2D eigenvalue weighted by Crippen LogP contribution is 2.23. The van der Waals surface area contributed by atoms with Gasteiger partial charge in [-0.3, -0.25) is 0 Å². The van der Waals surface area contributed by atoms with Crippen LogP contribution in [0.3, 0.4) is 0 Å². The highest BCUT2D eigenvalue weighted by Gasteiger charge is 2.40. The Balaban J connectivity index is 5.76. The third kappa shape index (κ3) is 13.5. The van der Waals surface area contributed by atoms with E-state index in [1.54, 1.807) is 0 Å². The molecule has 9 heteroatoms. The standard InChI is InChI=1S/C17H42O5Si4/c1-23(2,3)19-14-16(21-25(7,8)9)17(22-26(10,11)12)15(13-18)20-24(4,5)6/h13,15-17H,14H2,1-12H3/t15-,16-,17+/m0/s1. The molecule has 5 nitrogen and oxygen atoms in total. The number of aldehydes is 1. The minimum atomic E-state index is -1.92. The molecule has 0 amide bonds. The Morgan fingerprint density at radius 2 is 1.08 bits per heavy atom. The fourth-order valence-electron chi connectivity index (χ4n) is 2.33. The summed E-state index contributed by atoms with van der Waals surface area (Å²) in [6.07, 6.45) is -0.473. The predicted molar refractivity (Wildman–Crippen MR) is 120 cm³/mol. The van der Waals surface area contributed by atoms with E-state index < -0.39 is 45.5 Å². The van der Waals surface area contributed by atoms with Gasteiger partial charge in [-0.2, -0.15) is 0 Å². The number of rotatable bonds is 12. The van der Waals surface area contributed by atoms with E-state index in [0.717, 1.165) is 6.29 Å². The summed E-state index contributed by atoms with van der Waals surface area (Å²) in [6, 6.07) is 0. The summed E-state index contributed by atoms with van der Waals surface area (Å²) in [5, 5.41) is 0. The Labute approximate surface area is 165 Å². The summed E-state index contributed by atoms with van der Waals surface area (Å²) in [5.41, 5.74) is 0. The van der Waals surface area contributed by atoms with E-state index in [9.17, 15) is 4.79 Å². The zero-order valence-electron chi connectivity index (χ0n) is 19.1. The third-order valence-corrected chi connectivity index (χ3v) is 6.99. The van der Waals surface area contributed by atoms with E-state index in [1.165, 1.54) is 0 Å². The van der Waals surface area contributed by atoms with Crippen molar-refractivity contribution < 1.29 is 22.5 Å². The van der Waals surface area contributed by atoms with Gasteiger partial charge < -0.3 is 22.5 Å². The van der Waals surface area contributed by atoms with Crippen molar-refractivity contribution in [2.24, 2.45) is 0 Å². The van der Waals surface area contributed by atoms with Crippen molar-refractivity contribution in [2.45, 2.75) is 96.9 Å². The lowest BCUT2D eigenvalue weighted by molar-refractivity contribution is -0.123. The van der Waals surface area contributed by atoms with Crippen LogP contribution >= 0.6 is 0 Å². The molecule has 0 heterocycles. The Morgan fingerprint density at radius 3 is 1.38 bits per heavy atom. The van der Waals surface area contributed by atoms with Gasteiger partial charge in [0.15, 0.2) is 33.3 Å². The summed E-state index contributed by atoms with van der Waals surface area (Å²) >= 11 is 0. The van der Waals surface area contributed by atoms with Gasteiger partial charge in [0, 0.05) is 0 Å². The van der Waals surface area contributed by atoms with Crippen LogP contribution in [0, 0.1) is 0 Å². The molecule has 0 saturated carbocycles. The molecule has 0 aliphatic rings. The van der Waals surface area contributed by atoms with Crippen molar-refractivity contribution in [2.75, 3.05) is 6.61 Å². The van der Waals surface area contributed by atoms with Crippen molar-refractivity contribution in [3.05, 3.63) is 0 Å². The Kier molecular flexibility index (Phi) is 9.87. The number of carbonyl (C=O) groups excluding carboxylic acids is 1. The quantitative estimate of drug-likeness (QED) is 0.326. The third-order valence-electron chi connectivity index (χ3n) is 2.99. The summed E-state index contributed by atoms with van der Waals surface area (Å²) < 4.78 is 25.2. The average molecular weight is 439 g/mol. The molecule has 0 bridgehead atoms. The van der Waals surface area contributed by atoms with E-state index in [-0.39, 0.29) is 6.10 Å². The molecule has 0 aliphatic carbocycles. The fraction of sp³-hybridized carbons (Fsp3) is 0.941. The smallest absolute Gasteiger partial charge is 0.184 e. The van der Waals surface area contributed by atoms with Crippen molar-refractivity contribution in [1.29, 1.82) is 0 Å². The van der Waals surface area contributed by atoms with Crippen molar-refractivity contribution in [3.8, 4) is 0 Å². The average Bonchev–Trinajstić information content (AvgIpc) is 2.34. The first-order valence-corrected chi connectivity index (χ1v) is 23.1. The lowest BCUT2D eigenvalue weighted by Crippen LogP contribution is -2.55. The van der Waals surface area contributed by atoms with Crippen LogP contribution in [0.1, 0.15) is 0 Å². The molecule has 0 aromatic heterocycles. The lowest BCUT2D eigenvalue weighted by atomic mass is 10.1. The molecule has 0 unspecified atom stereocenters. The van der Waals surface area contributed by atoms with Gasteiger partial charge in [0.2, 0.25) is 0 Å². The van der Waals surface area contributed by atoms with Gasteiger partial charge in [0.25, 0.3) is 0 Å². The van der Waals surface area contributed by atoms with Gasteiger partial charge in [-0.1, -0.05) is 0 Å². The van der Waals surface area contributed by atoms with Gasteiger partial charge in [-0.25, -0.2) is 0 Å². The fourth-order valence-corrected chi connectivity index (χ4v) is 6.21. The maximum atomic E-state index is 11.9. The lowest BCUT2D eigenvalue weighted by Gasteiger charge is -2.40. The van der Waals surface area contributed by atoms with Crippen LogP contribution in [0.25, 0.3) is 0 Å². The Bertz CT molecular complexity index is 432. The van der Waals surface area contributed by atoms with Gasteiger partial charge in [0.1, 0.15) is 18.5 Å². The molecular formula is C17H42O5Si4. The molecule has 0 aliphatic heterocycles. The summed E-state index contributed by atoms with van der Waals surface area (Å²) in [4.78, 5) is 11.9. The van der Waals surface area contributed by atoms with Gasteiger partial charge in [-0.15, -0.1) is 0 Å². The van der Waals surface area contributed by atoms with Gasteiger partial charge in [-0.05, 0) is 78.6 Å². The van der Waals surface area contributed by atoms with E-state index in [2.05, 4.69) is 78.6 Å². The van der Waals surface area contributed by atoms with Crippen LogP contribution in [0.15, 0.2) is 0 Å². The summed E-state index contributed by atoms with van der Waals surface area (Å²) in [7, 11) is -7.42. The molecule has 3 atom stereocenters. The molecule has 26 heavy (non-hydrogen) atoms. The second-order valence-corrected chi connectivity index (χ2v) is 28.6. The number of carbonyl (C=O) groups is 1. The van der Waals surface area contributed by atoms with Crippen LogP contribution < -0.4 is 0 Å². The van der Waals surface area contributed by atoms with E-state index in [1.807, 2.05) is 0 Å². The molecule has 156 valence electrons. The zero-order chi connectivity index (χ0) is 21.0. The largest absolute Gasteiger partial charge is 0.415 e. The molecule has 0 fully saturated rings. The maximum absolute atomic E-state index is 11.9. The monoisotopic (exact) mass is 438 g/mol. The van der Waals surface area contributed by atoms with Crippen molar-refractivity contribution in [1.82, 2.24) is 0 Å². The maximum Gasteiger partial charge on any atom is 0.184 e. The topological polar surface area (TPSA) is 54.0 Å². The van der Waals surface area contributed by atoms with E-state index in [4.69, 9.17) is 17.7 Å².